The first-order valence-electron chi connectivity index (χ1n) is 5.60. The number of anilines is 1. The summed E-state index contributed by atoms with van der Waals surface area (Å²) >= 11 is 0. The van der Waals surface area contributed by atoms with E-state index >= 15 is 0 Å². The van der Waals surface area contributed by atoms with Crippen LogP contribution in [0.3, 0.4) is 0 Å². The lowest BCUT2D eigenvalue weighted by Crippen LogP contribution is -2.41. The van der Waals surface area contributed by atoms with Crippen LogP contribution in [0.15, 0.2) is 12.4 Å². The molecule has 0 radical (unpaired) electrons. The predicted molar refractivity (Wildman–Crippen MR) is 62.5 cm³/mol. The quantitative estimate of drug-likeness (QED) is 0.732. The zero-order valence-corrected chi connectivity index (χ0v) is 10.00. The first-order valence-corrected chi connectivity index (χ1v) is 5.60. The van der Waals surface area contributed by atoms with E-state index in [0.717, 1.165) is 6.42 Å². The summed E-state index contributed by atoms with van der Waals surface area (Å²) in [5, 5.41) is 0. The van der Waals surface area contributed by atoms with Gasteiger partial charge in [0, 0.05) is 18.9 Å². The first kappa shape index (κ1) is 12.3. The average molecular weight is 250 g/mol. The number of rotatable bonds is 2. The van der Waals surface area contributed by atoms with Gasteiger partial charge in [-0.25, -0.2) is 14.8 Å². The topological polar surface area (TPSA) is 98.4 Å². The van der Waals surface area contributed by atoms with Crippen LogP contribution in [-0.4, -0.2) is 46.4 Å². The van der Waals surface area contributed by atoms with E-state index in [4.69, 9.17) is 5.73 Å². The summed E-state index contributed by atoms with van der Waals surface area (Å²) in [6, 6.07) is -0.552. The molecule has 0 spiro atoms. The van der Waals surface area contributed by atoms with Gasteiger partial charge in [-0.3, -0.25) is 4.79 Å². The lowest BCUT2D eigenvalue weighted by Gasteiger charge is -2.22. The van der Waals surface area contributed by atoms with E-state index in [0.29, 0.717) is 13.0 Å². The second-order valence-corrected chi connectivity index (χ2v) is 3.97. The zero-order chi connectivity index (χ0) is 13.1. The number of carbonyl (C=O) groups is 2. The SMILES string of the molecule is COC(=O)[C@@H]1CCCN1C(=O)c1nccnc1N. The summed E-state index contributed by atoms with van der Waals surface area (Å²) < 4.78 is 4.68. The largest absolute Gasteiger partial charge is 0.467 e. The number of carbonyl (C=O) groups excluding carboxylic acids is 2. The van der Waals surface area contributed by atoms with Crippen LogP contribution >= 0.6 is 0 Å². The lowest BCUT2D eigenvalue weighted by molar-refractivity contribution is -0.145. The van der Waals surface area contributed by atoms with Gasteiger partial charge >= 0.3 is 5.97 Å². The standard InChI is InChI=1S/C11H14N4O3/c1-18-11(17)7-3-2-6-15(7)10(16)8-9(12)14-5-4-13-8/h4-5,7H,2-3,6H2,1H3,(H2,12,14)/t7-/m0/s1. The second-order valence-electron chi connectivity index (χ2n) is 3.97. The molecule has 0 saturated carbocycles. The Morgan fingerprint density at radius 3 is 2.83 bits per heavy atom. The predicted octanol–water partition coefficient (Wildman–Crippen LogP) is -0.164. The van der Waals surface area contributed by atoms with E-state index in [-0.39, 0.29) is 17.4 Å². The Kier molecular flexibility index (Phi) is 3.40. The molecule has 96 valence electrons. The normalized spacial score (nSPS) is 18.7. The number of amides is 1. The molecule has 1 aliphatic heterocycles. The third-order valence-corrected chi connectivity index (χ3v) is 2.92. The first-order chi connectivity index (χ1) is 8.65. The minimum absolute atomic E-state index is 0.0676. The molecule has 18 heavy (non-hydrogen) atoms. The highest BCUT2D eigenvalue weighted by Crippen LogP contribution is 2.21. The number of hydrogen-bond donors (Lipinski definition) is 1. The van der Waals surface area contributed by atoms with Gasteiger partial charge in [0.25, 0.3) is 5.91 Å². The minimum atomic E-state index is -0.552. The van der Waals surface area contributed by atoms with Crippen LogP contribution in [-0.2, 0) is 9.53 Å². The third-order valence-electron chi connectivity index (χ3n) is 2.92. The van der Waals surface area contributed by atoms with E-state index in [2.05, 4.69) is 14.7 Å². The smallest absolute Gasteiger partial charge is 0.328 e. The third kappa shape index (κ3) is 2.11. The van der Waals surface area contributed by atoms with E-state index in [9.17, 15) is 9.59 Å². The van der Waals surface area contributed by atoms with Gasteiger partial charge in [0.1, 0.15) is 6.04 Å². The number of methoxy groups -OCH3 is 1. The molecule has 1 aromatic rings. The highest BCUT2D eigenvalue weighted by Gasteiger charge is 2.36. The van der Waals surface area contributed by atoms with Crippen molar-refractivity contribution in [3.63, 3.8) is 0 Å². The monoisotopic (exact) mass is 250 g/mol. The molecule has 0 unspecified atom stereocenters. The van der Waals surface area contributed by atoms with Crippen molar-refractivity contribution in [2.45, 2.75) is 18.9 Å². The minimum Gasteiger partial charge on any atom is -0.467 e. The van der Waals surface area contributed by atoms with Gasteiger partial charge in [-0.05, 0) is 12.8 Å². The van der Waals surface area contributed by atoms with Gasteiger partial charge in [-0.2, -0.15) is 0 Å². The number of nitrogen functional groups attached to an aromatic ring is 1. The number of aromatic nitrogens is 2. The maximum Gasteiger partial charge on any atom is 0.328 e. The van der Waals surface area contributed by atoms with Gasteiger partial charge in [0.05, 0.1) is 7.11 Å². The maximum absolute atomic E-state index is 12.2. The van der Waals surface area contributed by atoms with Crippen LogP contribution in [0, 0.1) is 0 Å². The number of esters is 1. The Labute approximate surface area is 104 Å². The highest BCUT2D eigenvalue weighted by atomic mass is 16.5. The Morgan fingerprint density at radius 2 is 2.17 bits per heavy atom. The molecule has 0 aliphatic carbocycles. The van der Waals surface area contributed by atoms with E-state index in [1.54, 1.807) is 0 Å². The molecule has 1 saturated heterocycles. The highest BCUT2D eigenvalue weighted by molar-refractivity contribution is 5.98. The summed E-state index contributed by atoms with van der Waals surface area (Å²) in [5.74, 6) is -0.727. The molecular weight excluding hydrogens is 236 g/mol. The summed E-state index contributed by atoms with van der Waals surface area (Å²) in [6.45, 7) is 0.495. The van der Waals surface area contributed by atoms with Gasteiger partial charge in [-0.1, -0.05) is 0 Å². The van der Waals surface area contributed by atoms with Crippen molar-refractivity contribution in [2.24, 2.45) is 0 Å². The number of likely N-dealkylation sites (tertiary alicyclic amines) is 1. The number of nitrogens with zero attached hydrogens (tertiary/aromatic N) is 3. The van der Waals surface area contributed by atoms with Gasteiger partial charge in [-0.15, -0.1) is 0 Å². The van der Waals surface area contributed by atoms with Crippen LogP contribution in [0.2, 0.25) is 0 Å². The lowest BCUT2D eigenvalue weighted by atomic mass is 10.2. The van der Waals surface area contributed by atoms with Crippen molar-refractivity contribution >= 4 is 17.7 Å². The number of nitrogens with two attached hydrogens (primary N) is 1. The van der Waals surface area contributed by atoms with Crippen LogP contribution in [0.5, 0.6) is 0 Å². The summed E-state index contributed by atoms with van der Waals surface area (Å²) in [6.07, 6.45) is 4.16. The van der Waals surface area contributed by atoms with Crippen molar-refractivity contribution in [2.75, 3.05) is 19.4 Å². The Morgan fingerprint density at radius 1 is 1.44 bits per heavy atom. The van der Waals surface area contributed by atoms with Crippen molar-refractivity contribution in [3.8, 4) is 0 Å². The molecule has 7 nitrogen and oxygen atoms in total. The maximum atomic E-state index is 12.2. The van der Waals surface area contributed by atoms with E-state index < -0.39 is 12.0 Å². The molecule has 1 atom stereocenters. The molecule has 1 fully saturated rings. The molecule has 2 rings (SSSR count). The molecule has 1 aliphatic rings. The molecule has 7 heteroatoms. The Hall–Kier alpha value is -2.18. The van der Waals surface area contributed by atoms with Crippen molar-refractivity contribution in [1.29, 1.82) is 0 Å². The molecule has 0 bridgehead atoms. The fraction of sp³-hybridized carbons (Fsp3) is 0.455. The Balaban J connectivity index is 2.23. The van der Waals surface area contributed by atoms with Crippen LogP contribution in [0.4, 0.5) is 5.82 Å². The van der Waals surface area contributed by atoms with E-state index in [1.807, 2.05) is 0 Å². The summed E-state index contributed by atoms with van der Waals surface area (Å²) in [4.78, 5) is 33.0. The number of hydrogen-bond acceptors (Lipinski definition) is 6. The van der Waals surface area contributed by atoms with E-state index in [1.165, 1.54) is 24.4 Å². The molecule has 1 aromatic heterocycles. The van der Waals surface area contributed by atoms with Gasteiger partial charge < -0.3 is 15.4 Å². The second kappa shape index (κ2) is 4.99. The Bertz CT molecular complexity index is 477. The van der Waals surface area contributed by atoms with Crippen molar-refractivity contribution < 1.29 is 14.3 Å². The van der Waals surface area contributed by atoms with Crippen LogP contribution in [0.25, 0.3) is 0 Å². The molecule has 0 aromatic carbocycles. The fourth-order valence-electron chi connectivity index (χ4n) is 2.04. The molecule has 2 heterocycles. The van der Waals surface area contributed by atoms with Gasteiger partial charge in [0.15, 0.2) is 11.5 Å². The van der Waals surface area contributed by atoms with Crippen LogP contribution in [0.1, 0.15) is 23.3 Å². The number of ether oxygens (including phenoxy) is 1. The fourth-order valence-corrected chi connectivity index (χ4v) is 2.04. The zero-order valence-electron chi connectivity index (χ0n) is 10.00. The molecule has 2 N–H and O–H groups in total. The van der Waals surface area contributed by atoms with Gasteiger partial charge in [0.2, 0.25) is 0 Å². The molecular formula is C11H14N4O3. The summed E-state index contributed by atoms with van der Waals surface area (Å²) in [5.41, 5.74) is 5.68. The summed E-state index contributed by atoms with van der Waals surface area (Å²) in [7, 11) is 1.31. The van der Waals surface area contributed by atoms with Crippen LogP contribution < -0.4 is 5.73 Å². The van der Waals surface area contributed by atoms with Crippen molar-refractivity contribution in [3.05, 3.63) is 18.1 Å². The average Bonchev–Trinajstić information content (AvgIpc) is 2.86. The van der Waals surface area contributed by atoms with Crippen molar-refractivity contribution in [1.82, 2.24) is 14.9 Å². The molecule has 1 amide bonds.